The van der Waals surface area contributed by atoms with Gasteiger partial charge in [0.05, 0.1) is 11.0 Å². The number of aliphatic hydroxyl groups excluding tert-OH is 1. The molecule has 0 amide bonds. The van der Waals surface area contributed by atoms with Gasteiger partial charge in [-0.2, -0.15) is 5.26 Å². The highest BCUT2D eigenvalue weighted by Crippen LogP contribution is 2.21. The van der Waals surface area contributed by atoms with Crippen LogP contribution in [0, 0.1) is 17.2 Å². The Bertz CT molecular complexity index is 584. The molecule has 0 saturated carbocycles. The van der Waals surface area contributed by atoms with E-state index in [0.29, 0.717) is 5.82 Å². The fourth-order valence-corrected chi connectivity index (χ4v) is 1.59. The Morgan fingerprint density at radius 3 is 2.71 bits per heavy atom. The minimum Gasteiger partial charge on any atom is -0.511 e. The van der Waals surface area contributed by atoms with Crippen molar-refractivity contribution >= 4 is 16.6 Å². The van der Waals surface area contributed by atoms with Crippen LogP contribution in [-0.4, -0.2) is 15.1 Å². The number of rotatable bonds is 2. The van der Waals surface area contributed by atoms with Gasteiger partial charge in [0.2, 0.25) is 0 Å². The van der Waals surface area contributed by atoms with Crippen LogP contribution in [0.1, 0.15) is 19.7 Å². The number of fused-ring (bicyclic) bond motifs is 1. The third kappa shape index (κ3) is 2.00. The first-order chi connectivity index (χ1) is 8.13. The van der Waals surface area contributed by atoms with Gasteiger partial charge in [-0.1, -0.05) is 26.0 Å². The first kappa shape index (κ1) is 11.2. The topological polar surface area (TPSA) is 72.7 Å². The van der Waals surface area contributed by atoms with Crippen molar-refractivity contribution in [1.29, 1.82) is 5.26 Å². The van der Waals surface area contributed by atoms with Gasteiger partial charge < -0.3 is 10.1 Å². The van der Waals surface area contributed by atoms with Crippen LogP contribution in [0.25, 0.3) is 16.6 Å². The molecule has 0 saturated heterocycles. The van der Waals surface area contributed by atoms with Gasteiger partial charge in [0.1, 0.15) is 17.4 Å². The molecule has 4 heteroatoms. The Hall–Kier alpha value is -2.28. The zero-order chi connectivity index (χ0) is 12.4. The number of hydrogen-bond acceptors (Lipinski definition) is 3. The molecule has 0 atom stereocenters. The quantitative estimate of drug-likeness (QED) is 0.611. The smallest absolute Gasteiger partial charge is 0.152 e. The minimum atomic E-state index is -0.0992. The van der Waals surface area contributed by atoms with Gasteiger partial charge in [0.25, 0.3) is 0 Å². The zero-order valence-electron chi connectivity index (χ0n) is 9.73. The maximum atomic E-state index is 9.86. The lowest BCUT2D eigenvalue weighted by atomic mass is 10.1. The minimum absolute atomic E-state index is 0.0616. The van der Waals surface area contributed by atoms with Crippen molar-refractivity contribution in [1.82, 2.24) is 9.97 Å². The number of aliphatic hydroxyl groups is 1. The van der Waals surface area contributed by atoms with Crippen LogP contribution in [0.4, 0.5) is 0 Å². The Kier molecular flexibility index (Phi) is 2.84. The second kappa shape index (κ2) is 4.30. The first-order valence-corrected chi connectivity index (χ1v) is 5.42. The summed E-state index contributed by atoms with van der Waals surface area (Å²) in [5.74, 6) is 0.379. The molecule has 2 aromatic rings. The lowest BCUT2D eigenvalue weighted by Gasteiger charge is -2.04. The number of nitrogens with one attached hydrogen (secondary N) is 1. The molecule has 0 spiro atoms. The molecule has 0 aliphatic carbocycles. The Morgan fingerprint density at radius 2 is 2.12 bits per heavy atom. The number of aromatic nitrogens is 2. The Morgan fingerprint density at radius 1 is 1.41 bits per heavy atom. The maximum absolute atomic E-state index is 9.86. The summed E-state index contributed by atoms with van der Waals surface area (Å²) in [5.41, 5.74) is 1.84. The predicted molar refractivity (Wildman–Crippen MR) is 66.1 cm³/mol. The van der Waals surface area contributed by atoms with E-state index in [-0.39, 0.29) is 17.3 Å². The van der Waals surface area contributed by atoms with Crippen molar-refractivity contribution in [2.24, 2.45) is 5.92 Å². The maximum Gasteiger partial charge on any atom is 0.152 e. The summed E-state index contributed by atoms with van der Waals surface area (Å²) < 4.78 is 0. The molecule has 1 heterocycles. The molecule has 0 fully saturated rings. The van der Waals surface area contributed by atoms with E-state index >= 15 is 0 Å². The highest BCUT2D eigenvalue weighted by molar-refractivity contribution is 5.82. The number of H-pyrrole nitrogens is 1. The summed E-state index contributed by atoms with van der Waals surface area (Å²) in [7, 11) is 0. The van der Waals surface area contributed by atoms with Gasteiger partial charge in [-0.15, -0.1) is 0 Å². The molecule has 0 aliphatic heterocycles. The Labute approximate surface area is 99.2 Å². The highest BCUT2D eigenvalue weighted by atomic mass is 16.3. The molecule has 1 aromatic heterocycles. The van der Waals surface area contributed by atoms with Gasteiger partial charge in [-0.3, -0.25) is 0 Å². The lowest BCUT2D eigenvalue weighted by Crippen LogP contribution is -1.98. The van der Waals surface area contributed by atoms with Crippen molar-refractivity contribution in [3.05, 3.63) is 35.8 Å². The van der Waals surface area contributed by atoms with E-state index in [4.69, 9.17) is 5.26 Å². The summed E-state index contributed by atoms with van der Waals surface area (Å²) in [6, 6.07) is 9.51. The Balaban J connectivity index is 2.60. The molecule has 2 N–H and O–H groups in total. The monoisotopic (exact) mass is 227 g/mol. The number of para-hydroxylation sites is 2. The number of hydrogen-bond donors (Lipinski definition) is 2. The molecule has 1 aromatic carbocycles. The van der Waals surface area contributed by atoms with E-state index in [0.717, 1.165) is 11.0 Å². The van der Waals surface area contributed by atoms with Crippen LogP contribution in [0.5, 0.6) is 0 Å². The number of imidazole rings is 1. The molecule has 0 radical (unpaired) electrons. The summed E-state index contributed by atoms with van der Waals surface area (Å²) in [6.07, 6.45) is 0. The number of aromatic amines is 1. The zero-order valence-corrected chi connectivity index (χ0v) is 9.73. The number of benzene rings is 1. The molecular formula is C13H13N3O. The normalized spacial score (nSPS) is 12.6. The SMILES string of the molecule is CC(C)/C(O)=C(\C#N)c1nc2ccccc2[nH]1. The largest absolute Gasteiger partial charge is 0.511 e. The van der Waals surface area contributed by atoms with Crippen LogP contribution >= 0.6 is 0 Å². The average Bonchev–Trinajstić information content (AvgIpc) is 2.72. The van der Waals surface area contributed by atoms with Crippen molar-refractivity contribution < 1.29 is 5.11 Å². The van der Waals surface area contributed by atoms with Crippen LogP contribution < -0.4 is 0 Å². The van der Waals surface area contributed by atoms with Crippen molar-refractivity contribution in [3.8, 4) is 6.07 Å². The third-order valence-corrected chi connectivity index (χ3v) is 2.54. The second-order valence-electron chi connectivity index (χ2n) is 4.13. The summed E-state index contributed by atoms with van der Waals surface area (Å²) in [4.78, 5) is 7.32. The summed E-state index contributed by atoms with van der Waals surface area (Å²) in [5, 5.41) is 19.0. The van der Waals surface area contributed by atoms with E-state index in [9.17, 15) is 5.11 Å². The van der Waals surface area contributed by atoms with Gasteiger partial charge in [0.15, 0.2) is 5.82 Å². The molecular weight excluding hydrogens is 214 g/mol. The predicted octanol–water partition coefficient (Wildman–Crippen LogP) is 3.01. The molecule has 17 heavy (non-hydrogen) atoms. The fourth-order valence-electron chi connectivity index (χ4n) is 1.59. The van der Waals surface area contributed by atoms with Gasteiger partial charge >= 0.3 is 0 Å². The van der Waals surface area contributed by atoms with Crippen LogP contribution in [0.2, 0.25) is 0 Å². The lowest BCUT2D eigenvalue weighted by molar-refractivity contribution is 0.355. The van der Waals surface area contributed by atoms with Gasteiger partial charge in [-0.25, -0.2) is 4.98 Å². The van der Waals surface area contributed by atoms with E-state index in [1.165, 1.54) is 0 Å². The third-order valence-electron chi connectivity index (χ3n) is 2.54. The molecule has 0 unspecified atom stereocenters. The average molecular weight is 227 g/mol. The molecule has 2 rings (SSSR count). The van der Waals surface area contributed by atoms with Crippen LogP contribution in [0.15, 0.2) is 30.0 Å². The summed E-state index contributed by atoms with van der Waals surface area (Å²) >= 11 is 0. The second-order valence-corrected chi connectivity index (χ2v) is 4.13. The summed E-state index contributed by atoms with van der Waals surface area (Å²) in [6.45, 7) is 3.66. The van der Waals surface area contributed by atoms with Crippen molar-refractivity contribution in [3.63, 3.8) is 0 Å². The van der Waals surface area contributed by atoms with E-state index in [2.05, 4.69) is 9.97 Å². The molecule has 0 aliphatic rings. The first-order valence-electron chi connectivity index (χ1n) is 5.42. The number of nitrogens with zero attached hydrogens (tertiary/aromatic N) is 2. The fraction of sp³-hybridized carbons (Fsp3) is 0.231. The van der Waals surface area contributed by atoms with Gasteiger partial charge in [0, 0.05) is 5.92 Å². The van der Waals surface area contributed by atoms with Crippen LogP contribution in [0.3, 0.4) is 0 Å². The van der Waals surface area contributed by atoms with E-state index in [1.54, 1.807) is 0 Å². The molecule has 0 bridgehead atoms. The molecule has 4 nitrogen and oxygen atoms in total. The number of allylic oxidation sites excluding steroid dienone is 2. The highest BCUT2D eigenvalue weighted by Gasteiger charge is 2.14. The van der Waals surface area contributed by atoms with E-state index in [1.807, 2.05) is 44.2 Å². The van der Waals surface area contributed by atoms with E-state index < -0.39 is 0 Å². The number of nitriles is 1. The van der Waals surface area contributed by atoms with Crippen molar-refractivity contribution in [2.75, 3.05) is 0 Å². The standard InChI is InChI=1S/C13H13N3O/c1-8(2)12(17)9(7-14)13-15-10-5-3-4-6-11(10)16-13/h3-6,8,17H,1-2H3,(H,15,16)/b12-9-. The van der Waals surface area contributed by atoms with Gasteiger partial charge in [-0.05, 0) is 12.1 Å². The van der Waals surface area contributed by atoms with Crippen LogP contribution in [-0.2, 0) is 0 Å². The van der Waals surface area contributed by atoms with Crippen molar-refractivity contribution in [2.45, 2.75) is 13.8 Å². The molecule has 86 valence electrons.